The average molecular weight is 240 g/mol. The van der Waals surface area contributed by atoms with E-state index < -0.39 is 0 Å². The number of phenols is 1. The molecule has 17 heavy (non-hydrogen) atoms. The summed E-state index contributed by atoms with van der Waals surface area (Å²) >= 11 is 0. The normalized spacial score (nSPS) is 11.0. The van der Waals surface area contributed by atoms with Crippen molar-refractivity contribution in [1.82, 2.24) is 4.90 Å². The van der Waals surface area contributed by atoms with Gasteiger partial charge in [-0.15, -0.1) is 0 Å². The highest BCUT2D eigenvalue weighted by Gasteiger charge is 2.06. The molecule has 4 N–H and O–H groups in total. The lowest BCUT2D eigenvalue weighted by atomic mass is 10.1. The minimum atomic E-state index is 0.0966. The summed E-state index contributed by atoms with van der Waals surface area (Å²) in [4.78, 5) is 2.06. The summed E-state index contributed by atoms with van der Waals surface area (Å²) in [5.41, 5.74) is 7.01. The molecule has 5 heteroatoms. The van der Waals surface area contributed by atoms with Crippen molar-refractivity contribution in [3.63, 3.8) is 0 Å². The molecule has 1 aromatic carbocycles. The highest BCUT2D eigenvalue weighted by atomic mass is 16.5. The first-order valence-electron chi connectivity index (χ1n) is 5.57. The van der Waals surface area contributed by atoms with E-state index in [0.717, 1.165) is 12.1 Å². The van der Waals surface area contributed by atoms with Gasteiger partial charge in [-0.25, -0.2) is 0 Å². The number of methoxy groups -OCH3 is 1. The van der Waals surface area contributed by atoms with Crippen LogP contribution in [0.4, 0.5) is 5.69 Å². The number of phenolic OH excluding ortho intramolecular Hbond substituents is 1. The topological polar surface area (TPSA) is 79.0 Å². The lowest BCUT2D eigenvalue weighted by Crippen LogP contribution is -2.29. The van der Waals surface area contributed by atoms with Crippen molar-refractivity contribution in [3.8, 4) is 5.75 Å². The molecule has 0 fully saturated rings. The molecule has 0 amide bonds. The highest BCUT2D eigenvalue weighted by molar-refractivity contribution is 5.53. The molecular weight excluding hydrogens is 220 g/mol. The van der Waals surface area contributed by atoms with Gasteiger partial charge in [0.05, 0.1) is 18.9 Å². The zero-order valence-corrected chi connectivity index (χ0v) is 10.1. The zero-order valence-electron chi connectivity index (χ0n) is 10.1. The van der Waals surface area contributed by atoms with E-state index in [1.54, 1.807) is 19.2 Å². The number of rotatable bonds is 7. The zero-order chi connectivity index (χ0) is 12.7. The molecule has 0 radical (unpaired) electrons. The molecule has 0 aliphatic heterocycles. The van der Waals surface area contributed by atoms with Gasteiger partial charge < -0.3 is 20.7 Å². The molecular formula is C12H20N2O3. The molecule has 1 aromatic rings. The molecule has 0 aliphatic carbocycles. The highest BCUT2D eigenvalue weighted by Crippen LogP contribution is 2.21. The van der Waals surface area contributed by atoms with Crippen LogP contribution in [0.5, 0.6) is 5.75 Å². The number of nitrogens with two attached hydrogens (primary N) is 1. The predicted octanol–water partition coefficient (Wildman–Crippen LogP) is 0.415. The largest absolute Gasteiger partial charge is 0.506 e. The van der Waals surface area contributed by atoms with Crippen molar-refractivity contribution in [3.05, 3.63) is 23.8 Å². The number of nitrogens with zero attached hydrogens (tertiary/aromatic N) is 1. The van der Waals surface area contributed by atoms with Crippen molar-refractivity contribution >= 4 is 5.69 Å². The second-order valence-electron chi connectivity index (χ2n) is 3.89. The van der Waals surface area contributed by atoms with E-state index in [2.05, 4.69) is 4.90 Å². The minimum absolute atomic E-state index is 0.0966. The Morgan fingerprint density at radius 2 is 2.12 bits per heavy atom. The van der Waals surface area contributed by atoms with Gasteiger partial charge in [-0.3, -0.25) is 4.90 Å². The lowest BCUT2D eigenvalue weighted by molar-refractivity contribution is 0.127. The van der Waals surface area contributed by atoms with Gasteiger partial charge in [0.25, 0.3) is 0 Å². The standard InChI is InChI=1S/C12H20N2O3/c1-17-7-5-14(4-6-15)9-10-2-3-12(16)11(13)8-10/h2-3,8,15-16H,4-7,9,13H2,1H3. The van der Waals surface area contributed by atoms with Gasteiger partial charge in [-0.05, 0) is 17.7 Å². The van der Waals surface area contributed by atoms with Gasteiger partial charge >= 0.3 is 0 Å². The molecule has 0 heterocycles. The predicted molar refractivity (Wildman–Crippen MR) is 66.8 cm³/mol. The summed E-state index contributed by atoms with van der Waals surface area (Å²) in [6.45, 7) is 2.74. The molecule has 0 aromatic heterocycles. The van der Waals surface area contributed by atoms with Crippen molar-refractivity contribution in [2.24, 2.45) is 0 Å². The van der Waals surface area contributed by atoms with Gasteiger partial charge in [0.1, 0.15) is 5.75 Å². The monoisotopic (exact) mass is 240 g/mol. The number of nitrogen functional groups attached to an aromatic ring is 1. The van der Waals surface area contributed by atoms with Crippen LogP contribution < -0.4 is 5.73 Å². The summed E-state index contributed by atoms with van der Waals surface area (Å²) < 4.78 is 5.01. The van der Waals surface area contributed by atoms with Gasteiger partial charge in [0.15, 0.2) is 0 Å². The molecule has 1 rings (SSSR count). The number of aliphatic hydroxyl groups excluding tert-OH is 1. The van der Waals surface area contributed by atoms with Gasteiger partial charge in [-0.1, -0.05) is 6.07 Å². The maximum Gasteiger partial charge on any atom is 0.138 e. The van der Waals surface area contributed by atoms with E-state index in [0.29, 0.717) is 25.4 Å². The van der Waals surface area contributed by atoms with Gasteiger partial charge in [0, 0.05) is 26.7 Å². The van der Waals surface area contributed by atoms with Crippen molar-refractivity contribution in [1.29, 1.82) is 0 Å². The van der Waals surface area contributed by atoms with Crippen molar-refractivity contribution in [2.45, 2.75) is 6.54 Å². The van der Waals surface area contributed by atoms with Crippen molar-refractivity contribution in [2.75, 3.05) is 39.1 Å². The Bertz CT molecular complexity index is 345. The quantitative estimate of drug-likeness (QED) is 0.475. The Kier molecular flexibility index (Phi) is 5.76. The molecule has 0 spiro atoms. The molecule has 0 aliphatic rings. The third-order valence-electron chi connectivity index (χ3n) is 2.53. The maximum atomic E-state index is 9.32. The summed E-state index contributed by atoms with van der Waals surface area (Å²) in [6, 6.07) is 5.15. The van der Waals surface area contributed by atoms with Crippen LogP contribution >= 0.6 is 0 Å². The second kappa shape index (κ2) is 7.11. The molecule has 96 valence electrons. The smallest absolute Gasteiger partial charge is 0.138 e. The molecule has 0 bridgehead atoms. The van der Waals surface area contributed by atoms with Crippen LogP contribution in [-0.2, 0) is 11.3 Å². The van der Waals surface area contributed by atoms with Crippen LogP contribution in [0.3, 0.4) is 0 Å². The molecule has 0 saturated heterocycles. The fourth-order valence-electron chi connectivity index (χ4n) is 1.59. The number of hydrogen-bond acceptors (Lipinski definition) is 5. The van der Waals surface area contributed by atoms with Crippen LogP contribution in [0.25, 0.3) is 0 Å². The fourth-order valence-corrected chi connectivity index (χ4v) is 1.59. The van der Waals surface area contributed by atoms with Crippen molar-refractivity contribution < 1.29 is 14.9 Å². The average Bonchev–Trinajstić information content (AvgIpc) is 2.31. The summed E-state index contributed by atoms with van der Waals surface area (Å²) in [5.74, 6) is 0.0966. The van der Waals surface area contributed by atoms with E-state index in [4.69, 9.17) is 15.6 Å². The van der Waals surface area contributed by atoms with Crippen LogP contribution in [0.15, 0.2) is 18.2 Å². The van der Waals surface area contributed by atoms with Crippen LogP contribution in [-0.4, -0.2) is 48.5 Å². The van der Waals surface area contributed by atoms with Crippen LogP contribution in [0, 0.1) is 0 Å². The lowest BCUT2D eigenvalue weighted by Gasteiger charge is -2.21. The number of aliphatic hydroxyl groups is 1. The third-order valence-corrected chi connectivity index (χ3v) is 2.53. The Morgan fingerprint density at radius 3 is 2.71 bits per heavy atom. The Labute approximate surface area is 101 Å². The van der Waals surface area contributed by atoms with E-state index in [-0.39, 0.29) is 12.4 Å². The van der Waals surface area contributed by atoms with E-state index in [9.17, 15) is 5.11 Å². The summed E-state index contributed by atoms with van der Waals surface area (Å²) in [6.07, 6.45) is 0. The molecule has 0 saturated carbocycles. The number of aromatic hydroxyl groups is 1. The molecule has 0 unspecified atom stereocenters. The first-order chi connectivity index (χ1) is 8.17. The van der Waals surface area contributed by atoms with Gasteiger partial charge in [-0.2, -0.15) is 0 Å². The number of anilines is 1. The summed E-state index contributed by atoms with van der Waals surface area (Å²) in [7, 11) is 1.65. The second-order valence-corrected chi connectivity index (χ2v) is 3.89. The van der Waals surface area contributed by atoms with E-state index in [1.807, 2.05) is 6.07 Å². The Morgan fingerprint density at radius 1 is 1.35 bits per heavy atom. The number of benzene rings is 1. The Balaban J connectivity index is 2.61. The van der Waals surface area contributed by atoms with Crippen LogP contribution in [0.1, 0.15) is 5.56 Å². The number of hydrogen-bond donors (Lipinski definition) is 3. The maximum absolute atomic E-state index is 9.32. The van der Waals surface area contributed by atoms with Gasteiger partial charge in [0.2, 0.25) is 0 Å². The molecule has 0 atom stereocenters. The van der Waals surface area contributed by atoms with E-state index >= 15 is 0 Å². The SMILES string of the molecule is COCCN(CCO)Cc1ccc(O)c(N)c1. The van der Waals surface area contributed by atoms with E-state index in [1.165, 1.54) is 0 Å². The Hall–Kier alpha value is -1.30. The van der Waals surface area contributed by atoms with Crippen LogP contribution in [0.2, 0.25) is 0 Å². The fraction of sp³-hybridized carbons (Fsp3) is 0.500. The summed E-state index contributed by atoms with van der Waals surface area (Å²) in [5, 5.41) is 18.3. The third kappa shape index (κ3) is 4.60. The first kappa shape index (κ1) is 13.8. The first-order valence-corrected chi connectivity index (χ1v) is 5.57. The molecule has 5 nitrogen and oxygen atoms in total. The minimum Gasteiger partial charge on any atom is -0.506 e. The number of ether oxygens (including phenoxy) is 1.